The first-order valence-electron chi connectivity index (χ1n) is 11.8. The highest BCUT2D eigenvalue weighted by Gasteiger charge is 2.32. The van der Waals surface area contributed by atoms with Crippen LogP contribution in [0.5, 0.6) is 5.75 Å². The molecular formula is C26H37N3O5S. The van der Waals surface area contributed by atoms with E-state index in [0.717, 1.165) is 28.1 Å². The van der Waals surface area contributed by atoms with Gasteiger partial charge in [-0.15, -0.1) is 0 Å². The molecule has 0 saturated heterocycles. The number of nitrogens with one attached hydrogen (secondary N) is 1. The Balaban J connectivity index is 2.45. The van der Waals surface area contributed by atoms with E-state index in [-0.39, 0.29) is 18.5 Å². The van der Waals surface area contributed by atoms with Gasteiger partial charge < -0.3 is 15.0 Å². The van der Waals surface area contributed by atoms with Gasteiger partial charge in [0.2, 0.25) is 21.8 Å². The fraction of sp³-hybridized carbons (Fsp3) is 0.462. The maximum Gasteiger partial charge on any atom is 0.244 e. The van der Waals surface area contributed by atoms with E-state index in [4.69, 9.17) is 4.74 Å². The maximum absolute atomic E-state index is 13.7. The molecule has 0 aliphatic rings. The standard InChI is InChI=1S/C26H37N3O5S/c1-7-20(4)27-26(31)24(8-2)28(17-21-12-10-14-23(16-21)34-5)25(30)18-29(35(6,32)33)22-13-9-11-19(3)15-22/h9-16,20,24H,7-8,17-18H2,1-6H3,(H,27,31)/t20-,24-/m0/s1. The molecule has 2 rings (SSSR count). The predicted octanol–water partition coefficient (Wildman–Crippen LogP) is 3.49. The fourth-order valence-electron chi connectivity index (χ4n) is 3.72. The van der Waals surface area contributed by atoms with Crippen molar-refractivity contribution < 1.29 is 22.7 Å². The molecule has 2 aromatic rings. The van der Waals surface area contributed by atoms with E-state index >= 15 is 0 Å². The molecular weight excluding hydrogens is 466 g/mol. The summed E-state index contributed by atoms with van der Waals surface area (Å²) in [5.41, 5.74) is 2.05. The highest BCUT2D eigenvalue weighted by Crippen LogP contribution is 2.22. The van der Waals surface area contributed by atoms with Gasteiger partial charge in [0.15, 0.2) is 0 Å². The van der Waals surface area contributed by atoms with E-state index in [1.54, 1.807) is 37.4 Å². The highest BCUT2D eigenvalue weighted by molar-refractivity contribution is 7.92. The number of nitrogens with zero attached hydrogens (tertiary/aromatic N) is 2. The molecule has 0 bridgehead atoms. The van der Waals surface area contributed by atoms with E-state index in [1.165, 1.54) is 4.90 Å². The minimum atomic E-state index is -3.76. The van der Waals surface area contributed by atoms with Crippen LogP contribution in [0.15, 0.2) is 48.5 Å². The molecule has 2 amide bonds. The number of benzene rings is 2. The molecule has 0 aliphatic heterocycles. The molecule has 192 valence electrons. The lowest BCUT2D eigenvalue weighted by atomic mass is 10.1. The number of aryl methyl sites for hydroxylation is 1. The molecule has 8 nitrogen and oxygen atoms in total. The molecule has 0 heterocycles. The fourth-order valence-corrected chi connectivity index (χ4v) is 4.57. The molecule has 2 aromatic carbocycles. The summed E-state index contributed by atoms with van der Waals surface area (Å²) in [5, 5.41) is 2.96. The number of sulfonamides is 1. The van der Waals surface area contributed by atoms with Crippen molar-refractivity contribution in [3.8, 4) is 5.75 Å². The lowest BCUT2D eigenvalue weighted by molar-refractivity contribution is -0.140. The summed E-state index contributed by atoms with van der Waals surface area (Å²) in [6.07, 6.45) is 2.20. The number of methoxy groups -OCH3 is 1. The zero-order valence-corrected chi connectivity index (χ0v) is 22.3. The van der Waals surface area contributed by atoms with E-state index in [0.29, 0.717) is 17.9 Å². The second-order valence-electron chi connectivity index (χ2n) is 8.72. The number of carbonyl (C=O) groups excluding carboxylic acids is 2. The monoisotopic (exact) mass is 503 g/mol. The van der Waals surface area contributed by atoms with E-state index in [2.05, 4.69) is 5.32 Å². The molecule has 2 atom stereocenters. The first-order valence-corrected chi connectivity index (χ1v) is 13.6. The van der Waals surface area contributed by atoms with Gasteiger partial charge in [-0.25, -0.2) is 8.42 Å². The van der Waals surface area contributed by atoms with Crippen LogP contribution in [0.2, 0.25) is 0 Å². The Kier molecular flexibility index (Phi) is 10.1. The number of ether oxygens (including phenoxy) is 1. The molecule has 9 heteroatoms. The predicted molar refractivity (Wildman–Crippen MR) is 139 cm³/mol. The van der Waals surface area contributed by atoms with Crippen LogP contribution in [0, 0.1) is 6.92 Å². The van der Waals surface area contributed by atoms with Gasteiger partial charge in [0, 0.05) is 12.6 Å². The topological polar surface area (TPSA) is 96.0 Å². The number of hydrogen-bond acceptors (Lipinski definition) is 5. The quantitative estimate of drug-likeness (QED) is 0.478. The molecule has 0 aromatic heterocycles. The van der Waals surface area contributed by atoms with E-state index < -0.39 is 28.5 Å². The Labute approximate surface area is 209 Å². The van der Waals surface area contributed by atoms with Crippen molar-refractivity contribution in [1.29, 1.82) is 0 Å². The number of anilines is 1. The van der Waals surface area contributed by atoms with E-state index in [9.17, 15) is 18.0 Å². The zero-order valence-electron chi connectivity index (χ0n) is 21.4. The lowest BCUT2D eigenvalue weighted by Gasteiger charge is -2.33. The first-order chi connectivity index (χ1) is 16.5. The van der Waals surface area contributed by atoms with Gasteiger partial charge >= 0.3 is 0 Å². The number of carbonyl (C=O) groups is 2. The molecule has 0 saturated carbocycles. The summed E-state index contributed by atoms with van der Waals surface area (Å²) in [7, 11) is -2.20. The molecule has 0 fully saturated rings. The van der Waals surface area contributed by atoms with Crippen LogP contribution in [0.1, 0.15) is 44.7 Å². The van der Waals surface area contributed by atoms with Crippen molar-refractivity contribution in [2.24, 2.45) is 0 Å². The Bertz CT molecular complexity index is 1120. The Hall–Kier alpha value is -3.07. The Morgan fingerprint density at radius 2 is 1.74 bits per heavy atom. The summed E-state index contributed by atoms with van der Waals surface area (Å²) in [4.78, 5) is 28.3. The molecule has 0 radical (unpaired) electrons. The first kappa shape index (κ1) is 28.2. The number of amides is 2. The molecule has 35 heavy (non-hydrogen) atoms. The summed E-state index contributed by atoms with van der Waals surface area (Å²) < 4.78 is 31.7. The average molecular weight is 504 g/mol. The minimum Gasteiger partial charge on any atom is -0.497 e. The van der Waals surface area contributed by atoms with Gasteiger partial charge in [0.05, 0.1) is 19.1 Å². The summed E-state index contributed by atoms with van der Waals surface area (Å²) >= 11 is 0. The van der Waals surface area contributed by atoms with Crippen LogP contribution in [-0.4, -0.2) is 57.1 Å². The van der Waals surface area contributed by atoms with Gasteiger partial charge in [-0.05, 0) is 62.1 Å². The third-order valence-corrected chi connectivity index (χ3v) is 6.98. The van der Waals surface area contributed by atoms with Gasteiger partial charge in [-0.3, -0.25) is 13.9 Å². The SMILES string of the molecule is CC[C@H](C)NC(=O)[C@H](CC)N(Cc1cccc(OC)c1)C(=O)CN(c1cccc(C)c1)S(C)(=O)=O. The van der Waals surface area contributed by atoms with Crippen molar-refractivity contribution in [3.63, 3.8) is 0 Å². The van der Waals surface area contributed by atoms with Gasteiger partial charge in [0.1, 0.15) is 18.3 Å². The lowest BCUT2D eigenvalue weighted by Crippen LogP contribution is -2.53. The third-order valence-electron chi connectivity index (χ3n) is 5.84. The Morgan fingerprint density at radius 3 is 2.31 bits per heavy atom. The molecule has 0 spiro atoms. The summed E-state index contributed by atoms with van der Waals surface area (Å²) in [6.45, 7) is 7.28. The van der Waals surface area contributed by atoms with Gasteiger partial charge in [-0.2, -0.15) is 0 Å². The zero-order chi connectivity index (χ0) is 26.2. The largest absolute Gasteiger partial charge is 0.497 e. The smallest absolute Gasteiger partial charge is 0.244 e. The molecule has 0 aliphatic carbocycles. The molecule has 0 unspecified atom stereocenters. The summed E-state index contributed by atoms with van der Waals surface area (Å²) in [5.74, 6) is -0.102. The van der Waals surface area contributed by atoms with Crippen molar-refractivity contribution in [2.75, 3.05) is 24.2 Å². The van der Waals surface area contributed by atoms with Crippen LogP contribution < -0.4 is 14.4 Å². The van der Waals surface area contributed by atoms with Crippen LogP contribution >= 0.6 is 0 Å². The second kappa shape index (κ2) is 12.6. The number of rotatable bonds is 12. The van der Waals surface area contributed by atoms with Gasteiger partial charge in [0.25, 0.3) is 0 Å². The van der Waals surface area contributed by atoms with Crippen LogP contribution in [0.3, 0.4) is 0 Å². The van der Waals surface area contributed by atoms with E-state index in [1.807, 2.05) is 45.9 Å². The highest BCUT2D eigenvalue weighted by atomic mass is 32.2. The van der Waals surface area contributed by atoms with Crippen LogP contribution in [0.25, 0.3) is 0 Å². The maximum atomic E-state index is 13.7. The summed E-state index contributed by atoms with van der Waals surface area (Å²) in [6, 6.07) is 13.4. The molecule has 1 N–H and O–H groups in total. The normalized spacial score (nSPS) is 13.0. The number of hydrogen-bond donors (Lipinski definition) is 1. The average Bonchev–Trinajstić information content (AvgIpc) is 2.81. The minimum absolute atomic E-state index is 0.0508. The Morgan fingerprint density at radius 1 is 1.06 bits per heavy atom. The van der Waals surface area contributed by atoms with Crippen LogP contribution in [-0.2, 0) is 26.2 Å². The van der Waals surface area contributed by atoms with Crippen molar-refractivity contribution >= 4 is 27.5 Å². The third kappa shape index (κ3) is 7.99. The van der Waals surface area contributed by atoms with Crippen LogP contribution in [0.4, 0.5) is 5.69 Å². The van der Waals surface area contributed by atoms with Crippen molar-refractivity contribution in [1.82, 2.24) is 10.2 Å². The van der Waals surface area contributed by atoms with Crippen molar-refractivity contribution in [3.05, 3.63) is 59.7 Å². The van der Waals surface area contributed by atoms with Crippen molar-refractivity contribution in [2.45, 2.75) is 59.2 Å². The van der Waals surface area contributed by atoms with Gasteiger partial charge in [-0.1, -0.05) is 38.1 Å². The second-order valence-corrected chi connectivity index (χ2v) is 10.6.